The summed E-state index contributed by atoms with van der Waals surface area (Å²) < 4.78 is 12.2. The van der Waals surface area contributed by atoms with Gasteiger partial charge < -0.3 is 14.4 Å². The smallest absolute Gasteiger partial charge is 0.270 e. The first-order valence-corrected chi connectivity index (χ1v) is 13.4. The van der Waals surface area contributed by atoms with Crippen molar-refractivity contribution in [2.75, 3.05) is 29.6 Å². The molecule has 1 saturated heterocycles. The lowest BCUT2D eigenvalue weighted by molar-refractivity contribution is -0.120. The Morgan fingerprint density at radius 3 is 2.62 bits per heavy atom. The highest BCUT2D eigenvalue weighted by Gasteiger charge is 2.33. The van der Waals surface area contributed by atoms with Gasteiger partial charge in [0.1, 0.15) is 0 Å². The van der Waals surface area contributed by atoms with E-state index in [1.54, 1.807) is 17.0 Å². The molecule has 2 aliphatic rings. The maximum Gasteiger partial charge on any atom is 0.270 e. The second-order valence-corrected chi connectivity index (χ2v) is 10.2. The lowest BCUT2D eigenvalue weighted by atomic mass is 10.0. The predicted octanol–water partition coefficient (Wildman–Crippen LogP) is 5.85. The molecular formula is C29H26N2O4S2. The molecule has 0 bridgehead atoms. The molecule has 2 amide bonds. The number of hydrogen-bond donors (Lipinski definition) is 0. The minimum Gasteiger partial charge on any atom is -0.490 e. The van der Waals surface area contributed by atoms with E-state index in [0.29, 0.717) is 33.9 Å². The summed E-state index contributed by atoms with van der Waals surface area (Å²) in [6, 6.07) is 22.8. The molecule has 0 atom stereocenters. The predicted molar refractivity (Wildman–Crippen MR) is 152 cm³/mol. The van der Waals surface area contributed by atoms with E-state index in [1.165, 1.54) is 22.2 Å². The fourth-order valence-corrected chi connectivity index (χ4v) is 5.73. The van der Waals surface area contributed by atoms with Crippen molar-refractivity contribution in [1.82, 2.24) is 0 Å². The van der Waals surface area contributed by atoms with E-state index in [2.05, 4.69) is 6.07 Å². The van der Waals surface area contributed by atoms with Crippen LogP contribution in [0.15, 0.2) is 77.7 Å². The van der Waals surface area contributed by atoms with Crippen LogP contribution in [-0.4, -0.2) is 35.9 Å². The number of anilines is 2. The van der Waals surface area contributed by atoms with Gasteiger partial charge in [0, 0.05) is 12.2 Å². The van der Waals surface area contributed by atoms with Crippen LogP contribution >= 0.6 is 24.0 Å². The zero-order chi connectivity index (χ0) is 25.8. The molecule has 3 aromatic carbocycles. The zero-order valence-electron chi connectivity index (χ0n) is 20.4. The number of thioether (sulfide) groups is 1. The van der Waals surface area contributed by atoms with Gasteiger partial charge in [-0.05, 0) is 67.3 Å². The van der Waals surface area contributed by atoms with E-state index in [1.807, 2.05) is 67.6 Å². The summed E-state index contributed by atoms with van der Waals surface area (Å²) in [5, 5.41) is 0. The molecule has 0 N–H and O–H groups in total. The van der Waals surface area contributed by atoms with Gasteiger partial charge in [-0.1, -0.05) is 66.4 Å². The highest BCUT2D eigenvalue weighted by atomic mass is 32.2. The van der Waals surface area contributed by atoms with Crippen molar-refractivity contribution in [3.05, 3.63) is 88.8 Å². The molecule has 188 valence electrons. The molecule has 0 aromatic heterocycles. The number of amides is 2. The Hall–Kier alpha value is -3.62. The van der Waals surface area contributed by atoms with E-state index in [4.69, 9.17) is 21.7 Å². The average Bonchev–Trinajstić information content (AvgIpc) is 3.20. The highest BCUT2D eigenvalue weighted by molar-refractivity contribution is 8.27. The number of carbonyl (C=O) groups excluding carboxylic acids is 2. The van der Waals surface area contributed by atoms with Crippen LogP contribution in [0, 0.1) is 0 Å². The van der Waals surface area contributed by atoms with Crippen LogP contribution in [0.2, 0.25) is 0 Å². The molecule has 0 aliphatic carbocycles. The Morgan fingerprint density at radius 1 is 1.03 bits per heavy atom. The van der Waals surface area contributed by atoms with Crippen molar-refractivity contribution in [3.8, 4) is 11.5 Å². The maximum atomic E-state index is 13.1. The first-order chi connectivity index (χ1) is 18.0. The molecule has 0 radical (unpaired) electrons. The monoisotopic (exact) mass is 530 g/mol. The fraction of sp³-hybridized carbons (Fsp3) is 0.207. The second kappa shape index (κ2) is 11.2. The van der Waals surface area contributed by atoms with E-state index in [0.717, 1.165) is 29.8 Å². The normalized spacial score (nSPS) is 16.2. The number of thiocarbonyl (C=S) groups is 1. The van der Waals surface area contributed by atoms with Crippen molar-refractivity contribution < 1.29 is 19.1 Å². The number of para-hydroxylation sites is 2. The summed E-state index contributed by atoms with van der Waals surface area (Å²) in [6.45, 7) is 2.90. The van der Waals surface area contributed by atoms with E-state index in [9.17, 15) is 9.59 Å². The van der Waals surface area contributed by atoms with Gasteiger partial charge in [0.25, 0.3) is 11.8 Å². The van der Waals surface area contributed by atoms with Gasteiger partial charge in [-0.25, -0.2) is 0 Å². The Balaban J connectivity index is 1.31. The molecule has 0 saturated carbocycles. The standard InChI is InChI=1S/C29H26N2O4S2/c1-2-34-25-17-20(18-26-28(33)31(29(36)37-26)22-11-4-3-5-12-22)14-15-24(25)35-19-27(32)30-16-8-10-21-9-6-7-13-23(21)30/h3-7,9,11-15,17-18H,2,8,10,16,19H2,1H3/b26-18+. The van der Waals surface area contributed by atoms with Crippen LogP contribution in [0.3, 0.4) is 0 Å². The van der Waals surface area contributed by atoms with Crippen LogP contribution in [-0.2, 0) is 16.0 Å². The lowest BCUT2D eigenvalue weighted by Crippen LogP contribution is -2.38. The van der Waals surface area contributed by atoms with Gasteiger partial charge in [0.2, 0.25) is 0 Å². The molecule has 5 rings (SSSR count). The number of fused-ring (bicyclic) bond motifs is 1. The largest absolute Gasteiger partial charge is 0.490 e. The number of nitrogens with zero attached hydrogens (tertiary/aromatic N) is 2. The first kappa shape index (κ1) is 25.0. The van der Waals surface area contributed by atoms with Crippen LogP contribution in [0.25, 0.3) is 6.08 Å². The van der Waals surface area contributed by atoms with Gasteiger partial charge in [-0.15, -0.1) is 0 Å². The van der Waals surface area contributed by atoms with Crippen LogP contribution in [0.1, 0.15) is 24.5 Å². The number of ether oxygens (including phenoxy) is 2. The van der Waals surface area contributed by atoms with Crippen LogP contribution in [0.4, 0.5) is 11.4 Å². The van der Waals surface area contributed by atoms with Crippen LogP contribution < -0.4 is 19.3 Å². The number of rotatable bonds is 7. The minimum atomic E-state index is -0.160. The molecule has 2 heterocycles. The molecule has 0 spiro atoms. The summed E-state index contributed by atoms with van der Waals surface area (Å²) in [5.41, 5.74) is 3.66. The Labute approximate surface area is 225 Å². The highest BCUT2D eigenvalue weighted by Crippen LogP contribution is 2.37. The van der Waals surface area contributed by atoms with Crippen molar-refractivity contribution in [3.63, 3.8) is 0 Å². The average molecular weight is 531 g/mol. The SMILES string of the molecule is CCOc1cc(/C=C2/SC(=S)N(c3ccccc3)C2=O)ccc1OCC(=O)N1CCCc2ccccc21. The summed E-state index contributed by atoms with van der Waals surface area (Å²) in [5.74, 6) is 0.742. The number of hydrogen-bond acceptors (Lipinski definition) is 6. The molecule has 3 aromatic rings. The molecular weight excluding hydrogens is 504 g/mol. The second-order valence-electron chi connectivity index (χ2n) is 8.56. The topological polar surface area (TPSA) is 59.1 Å². The van der Waals surface area contributed by atoms with E-state index < -0.39 is 0 Å². The van der Waals surface area contributed by atoms with Crippen molar-refractivity contribution in [2.24, 2.45) is 0 Å². The molecule has 6 nitrogen and oxygen atoms in total. The Kier molecular flexibility index (Phi) is 7.58. The first-order valence-electron chi connectivity index (χ1n) is 12.2. The van der Waals surface area contributed by atoms with Crippen LogP contribution in [0.5, 0.6) is 11.5 Å². The van der Waals surface area contributed by atoms with Gasteiger partial charge in [-0.2, -0.15) is 0 Å². The van der Waals surface area contributed by atoms with Gasteiger partial charge in [0.15, 0.2) is 22.4 Å². The Bertz CT molecular complexity index is 1370. The summed E-state index contributed by atoms with van der Waals surface area (Å²) >= 11 is 6.73. The molecule has 8 heteroatoms. The minimum absolute atomic E-state index is 0.0938. The maximum absolute atomic E-state index is 13.1. The number of benzene rings is 3. The summed E-state index contributed by atoms with van der Waals surface area (Å²) in [4.78, 5) is 29.9. The van der Waals surface area contributed by atoms with Crippen molar-refractivity contribution in [2.45, 2.75) is 19.8 Å². The Morgan fingerprint density at radius 2 is 1.81 bits per heavy atom. The van der Waals surface area contributed by atoms with Crippen molar-refractivity contribution in [1.29, 1.82) is 0 Å². The lowest BCUT2D eigenvalue weighted by Gasteiger charge is -2.29. The van der Waals surface area contributed by atoms with Gasteiger partial charge >= 0.3 is 0 Å². The zero-order valence-corrected chi connectivity index (χ0v) is 22.0. The molecule has 37 heavy (non-hydrogen) atoms. The van der Waals surface area contributed by atoms with Gasteiger partial charge in [0.05, 0.1) is 17.2 Å². The van der Waals surface area contributed by atoms with Crippen molar-refractivity contribution >= 4 is 57.6 Å². The molecule has 1 fully saturated rings. The van der Waals surface area contributed by atoms with E-state index >= 15 is 0 Å². The van der Waals surface area contributed by atoms with Gasteiger partial charge in [-0.3, -0.25) is 14.5 Å². The third kappa shape index (κ3) is 5.40. The fourth-order valence-electron chi connectivity index (χ4n) is 4.43. The van der Waals surface area contributed by atoms with E-state index in [-0.39, 0.29) is 18.4 Å². The quantitative estimate of drug-likeness (QED) is 0.282. The third-order valence-corrected chi connectivity index (χ3v) is 7.44. The summed E-state index contributed by atoms with van der Waals surface area (Å²) in [6.07, 6.45) is 3.70. The summed E-state index contributed by atoms with van der Waals surface area (Å²) in [7, 11) is 0. The molecule has 2 aliphatic heterocycles. The number of aryl methyl sites for hydroxylation is 1. The molecule has 0 unspecified atom stereocenters. The number of carbonyl (C=O) groups is 2. The third-order valence-electron chi connectivity index (χ3n) is 6.14.